The maximum atomic E-state index is 12.9. The van der Waals surface area contributed by atoms with E-state index >= 15 is 0 Å². The van der Waals surface area contributed by atoms with Crippen LogP contribution in [0, 0.1) is 13.8 Å². The first-order valence-corrected chi connectivity index (χ1v) is 11.9. The maximum Gasteiger partial charge on any atom is 0.255 e. The van der Waals surface area contributed by atoms with Crippen LogP contribution in [0.5, 0.6) is 17.2 Å². The molecular formula is C29H31N3O4. The molecule has 0 aliphatic rings. The normalized spacial score (nSPS) is 10.7. The lowest BCUT2D eigenvalue weighted by atomic mass is 10.1. The Morgan fingerprint density at radius 1 is 0.972 bits per heavy atom. The number of carbonyl (C=O) groups excluding carboxylic acids is 1. The summed E-state index contributed by atoms with van der Waals surface area (Å²) in [5.74, 6) is 1.99. The highest BCUT2D eigenvalue weighted by atomic mass is 16.5. The lowest BCUT2D eigenvalue weighted by molar-refractivity contribution is 0.102. The SMILES string of the molecule is CCc1ccc(OCn2cc(NC(=O)c3ccc(OC)c(COc4cc(C)ccc4C)c3)cn2)cc1. The summed E-state index contributed by atoms with van der Waals surface area (Å²) in [5, 5.41) is 7.16. The molecular weight excluding hydrogens is 454 g/mol. The van der Waals surface area contributed by atoms with Crippen LogP contribution in [-0.2, 0) is 19.8 Å². The van der Waals surface area contributed by atoms with Gasteiger partial charge in [0.2, 0.25) is 0 Å². The van der Waals surface area contributed by atoms with Crippen LogP contribution in [0.3, 0.4) is 0 Å². The van der Waals surface area contributed by atoms with E-state index in [-0.39, 0.29) is 19.2 Å². The fraction of sp³-hybridized carbons (Fsp3) is 0.241. The van der Waals surface area contributed by atoms with Crippen molar-refractivity contribution in [1.82, 2.24) is 9.78 Å². The minimum absolute atomic E-state index is 0.240. The third-order valence-corrected chi connectivity index (χ3v) is 5.86. The number of benzene rings is 3. The van der Waals surface area contributed by atoms with Gasteiger partial charge in [-0.05, 0) is 73.4 Å². The van der Waals surface area contributed by atoms with E-state index in [1.54, 1.807) is 42.4 Å². The van der Waals surface area contributed by atoms with E-state index in [1.807, 2.05) is 56.3 Å². The molecule has 0 saturated carbocycles. The number of aryl methyl sites for hydroxylation is 3. The summed E-state index contributed by atoms with van der Waals surface area (Å²) in [6.45, 7) is 6.66. The van der Waals surface area contributed by atoms with E-state index < -0.39 is 0 Å². The lowest BCUT2D eigenvalue weighted by Crippen LogP contribution is -2.12. The predicted octanol–water partition coefficient (Wildman–Crippen LogP) is 5.94. The fourth-order valence-electron chi connectivity index (χ4n) is 3.71. The van der Waals surface area contributed by atoms with Gasteiger partial charge >= 0.3 is 0 Å². The zero-order chi connectivity index (χ0) is 25.5. The van der Waals surface area contributed by atoms with Crippen molar-refractivity contribution in [2.45, 2.75) is 40.5 Å². The van der Waals surface area contributed by atoms with Crippen LogP contribution < -0.4 is 19.5 Å². The molecule has 186 valence electrons. The number of nitrogens with one attached hydrogen (secondary N) is 1. The number of nitrogens with zero attached hydrogens (tertiary/aromatic N) is 2. The average Bonchev–Trinajstić information content (AvgIpc) is 3.35. The zero-order valence-electron chi connectivity index (χ0n) is 21.1. The topological polar surface area (TPSA) is 74.6 Å². The second-order valence-electron chi connectivity index (χ2n) is 8.58. The first-order chi connectivity index (χ1) is 17.4. The van der Waals surface area contributed by atoms with Crippen LogP contribution >= 0.6 is 0 Å². The number of amides is 1. The molecule has 1 N–H and O–H groups in total. The predicted molar refractivity (Wildman–Crippen MR) is 140 cm³/mol. The molecule has 3 aromatic carbocycles. The summed E-state index contributed by atoms with van der Waals surface area (Å²) >= 11 is 0. The number of ether oxygens (including phenoxy) is 3. The van der Waals surface area contributed by atoms with Crippen LogP contribution in [0.1, 0.15) is 39.5 Å². The van der Waals surface area contributed by atoms with E-state index in [2.05, 4.69) is 17.3 Å². The molecule has 0 atom stereocenters. The molecule has 4 aromatic rings. The van der Waals surface area contributed by atoms with Crippen LogP contribution in [0.25, 0.3) is 0 Å². The van der Waals surface area contributed by atoms with E-state index in [4.69, 9.17) is 14.2 Å². The van der Waals surface area contributed by atoms with Gasteiger partial charge < -0.3 is 19.5 Å². The Hall–Kier alpha value is -4.26. The Balaban J connectivity index is 1.39. The Bertz CT molecular complexity index is 1330. The molecule has 0 radical (unpaired) electrons. The van der Waals surface area contributed by atoms with Crippen molar-refractivity contribution in [2.24, 2.45) is 0 Å². The van der Waals surface area contributed by atoms with Gasteiger partial charge in [0.05, 0.1) is 25.2 Å². The van der Waals surface area contributed by atoms with Gasteiger partial charge in [-0.1, -0.05) is 31.2 Å². The quantitative estimate of drug-likeness (QED) is 0.301. The molecule has 0 fully saturated rings. The summed E-state index contributed by atoms with van der Waals surface area (Å²) in [6.07, 6.45) is 4.31. The largest absolute Gasteiger partial charge is 0.496 e. The van der Waals surface area contributed by atoms with Crippen molar-refractivity contribution in [3.8, 4) is 17.2 Å². The summed E-state index contributed by atoms with van der Waals surface area (Å²) < 4.78 is 18.9. The second kappa shape index (κ2) is 11.4. The van der Waals surface area contributed by atoms with Gasteiger partial charge in [0.25, 0.3) is 5.91 Å². The molecule has 1 aromatic heterocycles. The van der Waals surface area contributed by atoms with Crippen molar-refractivity contribution in [3.63, 3.8) is 0 Å². The number of carbonyl (C=O) groups is 1. The Labute approximate surface area is 211 Å². The van der Waals surface area contributed by atoms with Crippen LogP contribution in [0.2, 0.25) is 0 Å². The van der Waals surface area contributed by atoms with Gasteiger partial charge in [-0.15, -0.1) is 0 Å². The van der Waals surface area contributed by atoms with E-state index in [1.165, 1.54) is 5.56 Å². The first-order valence-electron chi connectivity index (χ1n) is 11.9. The summed E-state index contributed by atoms with van der Waals surface area (Å²) in [6, 6.07) is 19.3. The summed E-state index contributed by atoms with van der Waals surface area (Å²) in [5.41, 5.74) is 5.28. The van der Waals surface area contributed by atoms with Crippen molar-refractivity contribution in [1.29, 1.82) is 0 Å². The average molecular weight is 486 g/mol. The summed E-state index contributed by atoms with van der Waals surface area (Å²) in [4.78, 5) is 12.9. The van der Waals surface area contributed by atoms with Gasteiger partial charge in [-0.3, -0.25) is 4.79 Å². The van der Waals surface area contributed by atoms with Gasteiger partial charge in [0, 0.05) is 11.1 Å². The van der Waals surface area contributed by atoms with Crippen molar-refractivity contribution < 1.29 is 19.0 Å². The van der Waals surface area contributed by atoms with E-state index in [0.29, 0.717) is 17.0 Å². The maximum absolute atomic E-state index is 12.9. The molecule has 4 rings (SSSR count). The minimum Gasteiger partial charge on any atom is -0.496 e. The fourth-order valence-corrected chi connectivity index (χ4v) is 3.71. The molecule has 0 aliphatic carbocycles. The molecule has 0 unspecified atom stereocenters. The molecule has 7 nitrogen and oxygen atoms in total. The number of hydrogen-bond donors (Lipinski definition) is 1. The van der Waals surface area contributed by atoms with Crippen molar-refractivity contribution in [3.05, 3.63) is 101 Å². The third-order valence-electron chi connectivity index (χ3n) is 5.86. The van der Waals surface area contributed by atoms with Crippen molar-refractivity contribution >= 4 is 11.6 Å². The van der Waals surface area contributed by atoms with Crippen LogP contribution in [-0.4, -0.2) is 22.8 Å². The third kappa shape index (κ3) is 6.24. The minimum atomic E-state index is -0.249. The number of aromatic nitrogens is 2. The molecule has 1 heterocycles. The molecule has 36 heavy (non-hydrogen) atoms. The molecule has 0 spiro atoms. The molecule has 0 bridgehead atoms. The van der Waals surface area contributed by atoms with Gasteiger partial charge in [-0.2, -0.15) is 5.10 Å². The standard InChI is InChI=1S/C29H31N3O4/c1-5-22-8-11-26(12-9-22)36-19-32-17-25(16-30-32)31-29(33)23-10-13-27(34-4)24(15-23)18-35-28-14-20(2)6-7-21(28)3/h6-17H,5,18-19H2,1-4H3,(H,31,33). The lowest BCUT2D eigenvalue weighted by Gasteiger charge is -2.14. The number of hydrogen-bond acceptors (Lipinski definition) is 5. The van der Waals surface area contributed by atoms with E-state index in [0.717, 1.165) is 34.6 Å². The van der Waals surface area contributed by atoms with Crippen molar-refractivity contribution in [2.75, 3.05) is 12.4 Å². The highest BCUT2D eigenvalue weighted by Crippen LogP contribution is 2.25. The van der Waals surface area contributed by atoms with Gasteiger partial charge in [0.1, 0.15) is 23.9 Å². The van der Waals surface area contributed by atoms with E-state index in [9.17, 15) is 4.79 Å². The second-order valence-corrected chi connectivity index (χ2v) is 8.58. The Morgan fingerprint density at radius 2 is 1.78 bits per heavy atom. The summed E-state index contributed by atoms with van der Waals surface area (Å²) in [7, 11) is 1.60. The number of anilines is 1. The highest BCUT2D eigenvalue weighted by Gasteiger charge is 2.13. The zero-order valence-corrected chi connectivity index (χ0v) is 21.1. The van der Waals surface area contributed by atoms with Crippen LogP contribution in [0.4, 0.5) is 5.69 Å². The smallest absolute Gasteiger partial charge is 0.255 e. The monoisotopic (exact) mass is 485 g/mol. The first kappa shape index (κ1) is 24.9. The van der Waals surface area contributed by atoms with Gasteiger partial charge in [0.15, 0.2) is 6.73 Å². The highest BCUT2D eigenvalue weighted by molar-refractivity contribution is 6.04. The van der Waals surface area contributed by atoms with Gasteiger partial charge in [-0.25, -0.2) is 4.68 Å². The molecule has 7 heteroatoms. The van der Waals surface area contributed by atoms with Crippen LogP contribution in [0.15, 0.2) is 73.1 Å². The number of rotatable bonds is 10. The molecule has 0 saturated heterocycles. The molecule has 0 aliphatic heterocycles. The Morgan fingerprint density at radius 3 is 2.53 bits per heavy atom. The molecule has 1 amide bonds. The Kier molecular flexibility index (Phi) is 7.90. The number of methoxy groups -OCH3 is 1.